The highest BCUT2D eigenvalue weighted by Crippen LogP contribution is 2.36. The second-order valence-electron chi connectivity index (χ2n) is 4.33. The fourth-order valence-corrected chi connectivity index (χ4v) is 3.39. The molecule has 1 aromatic carbocycles. The fraction of sp³-hybridized carbons (Fsp3) is 0.538. The highest BCUT2D eigenvalue weighted by atomic mass is 32.2. The number of hydrogen-bond donors (Lipinski definition) is 1. The Bertz CT molecular complexity index is 348. The molecule has 2 rings (SSSR count). The number of ether oxygens (including phenoxy) is 1. The molecule has 88 valence electrons. The number of nitrogens with two attached hydrogens (primary N) is 1. The Labute approximate surface area is 102 Å². The van der Waals surface area contributed by atoms with Crippen molar-refractivity contribution in [1.29, 1.82) is 0 Å². The molecule has 1 aliphatic rings. The van der Waals surface area contributed by atoms with Crippen molar-refractivity contribution in [2.45, 2.75) is 30.6 Å². The molecule has 1 fully saturated rings. The zero-order valence-electron chi connectivity index (χ0n) is 9.74. The SMILES string of the molecule is COc1cccc(SCC2CCCC2)c1N. The number of thioether (sulfide) groups is 1. The minimum absolute atomic E-state index is 0.785. The van der Waals surface area contributed by atoms with E-state index in [0.717, 1.165) is 22.3 Å². The molecule has 0 saturated heterocycles. The Balaban J connectivity index is 1.97. The summed E-state index contributed by atoms with van der Waals surface area (Å²) in [4.78, 5) is 1.16. The third-order valence-electron chi connectivity index (χ3n) is 3.20. The van der Waals surface area contributed by atoms with Gasteiger partial charge in [0, 0.05) is 10.6 Å². The van der Waals surface area contributed by atoms with E-state index in [-0.39, 0.29) is 0 Å². The number of anilines is 1. The minimum atomic E-state index is 0.785. The quantitative estimate of drug-likeness (QED) is 0.642. The summed E-state index contributed by atoms with van der Waals surface area (Å²) >= 11 is 1.87. The van der Waals surface area contributed by atoms with E-state index < -0.39 is 0 Å². The average Bonchev–Trinajstić information content (AvgIpc) is 2.81. The Morgan fingerprint density at radius 3 is 2.81 bits per heavy atom. The van der Waals surface area contributed by atoms with E-state index in [9.17, 15) is 0 Å². The van der Waals surface area contributed by atoms with Gasteiger partial charge in [0.15, 0.2) is 0 Å². The zero-order chi connectivity index (χ0) is 11.4. The molecule has 1 aromatic rings. The molecule has 3 heteroatoms. The summed E-state index contributed by atoms with van der Waals surface area (Å²) in [5.41, 5.74) is 6.82. The number of methoxy groups -OCH3 is 1. The Morgan fingerprint density at radius 2 is 2.12 bits per heavy atom. The number of nitrogen functional groups attached to an aromatic ring is 1. The molecule has 0 aromatic heterocycles. The first-order valence-electron chi connectivity index (χ1n) is 5.86. The van der Waals surface area contributed by atoms with Crippen molar-refractivity contribution in [2.75, 3.05) is 18.6 Å². The topological polar surface area (TPSA) is 35.2 Å². The zero-order valence-corrected chi connectivity index (χ0v) is 10.6. The molecule has 0 bridgehead atoms. The fourth-order valence-electron chi connectivity index (χ4n) is 2.21. The van der Waals surface area contributed by atoms with Crippen LogP contribution < -0.4 is 10.5 Å². The summed E-state index contributed by atoms with van der Waals surface area (Å²) in [6, 6.07) is 6.00. The van der Waals surface area contributed by atoms with E-state index in [0.29, 0.717) is 0 Å². The second-order valence-corrected chi connectivity index (χ2v) is 5.40. The highest BCUT2D eigenvalue weighted by molar-refractivity contribution is 7.99. The maximum atomic E-state index is 6.03. The second kappa shape index (κ2) is 5.48. The number of hydrogen-bond acceptors (Lipinski definition) is 3. The smallest absolute Gasteiger partial charge is 0.142 e. The summed E-state index contributed by atoms with van der Waals surface area (Å²) < 4.78 is 5.22. The van der Waals surface area contributed by atoms with Gasteiger partial charge in [-0.2, -0.15) is 0 Å². The Kier molecular flexibility index (Phi) is 3.99. The molecular formula is C13H19NOS. The summed E-state index contributed by atoms with van der Waals surface area (Å²) in [5.74, 6) is 2.87. The Hall–Kier alpha value is -0.830. The third-order valence-corrected chi connectivity index (χ3v) is 4.50. The Morgan fingerprint density at radius 1 is 1.38 bits per heavy atom. The van der Waals surface area contributed by atoms with Crippen LogP contribution in [0.25, 0.3) is 0 Å². The van der Waals surface area contributed by atoms with Crippen LogP contribution in [-0.4, -0.2) is 12.9 Å². The molecule has 0 heterocycles. The van der Waals surface area contributed by atoms with E-state index in [2.05, 4.69) is 6.07 Å². The molecule has 0 atom stereocenters. The van der Waals surface area contributed by atoms with Gasteiger partial charge in [0.2, 0.25) is 0 Å². The number of rotatable bonds is 4. The van der Waals surface area contributed by atoms with Crippen LogP contribution in [0.4, 0.5) is 5.69 Å². The standard InChI is InChI=1S/C13H19NOS/c1-15-11-7-4-8-12(13(11)14)16-9-10-5-2-3-6-10/h4,7-8,10H,2-3,5-6,9,14H2,1H3. The van der Waals surface area contributed by atoms with Gasteiger partial charge in [0.25, 0.3) is 0 Å². The van der Waals surface area contributed by atoms with Crippen LogP contribution in [0.5, 0.6) is 5.75 Å². The third kappa shape index (κ3) is 2.64. The molecule has 2 nitrogen and oxygen atoms in total. The molecule has 1 saturated carbocycles. The van der Waals surface area contributed by atoms with Crippen LogP contribution in [0.15, 0.2) is 23.1 Å². The van der Waals surface area contributed by atoms with E-state index in [4.69, 9.17) is 10.5 Å². The first-order valence-corrected chi connectivity index (χ1v) is 6.85. The first-order chi connectivity index (χ1) is 7.81. The average molecular weight is 237 g/mol. The van der Waals surface area contributed by atoms with E-state index in [1.165, 1.54) is 31.4 Å². The van der Waals surface area contributed by atoms with Gasteiger partial charge >= 0.3 is 0 Å². The van der Waals surface area contributed by atoms with Crippen molar-refractivity contribution >= 4 is 17.4 Å². The molecule has 0 amide bonds. The lowest BCUT2D eigenvalue weighted by Gasteiger charge is -2.12. The molecule has 2 N–H and O–H groups in total. The lowest BCUT2D eigenvalue weighted by molar-refractivity contribution is 0.416. The lowest BCUT2D eigenvalue weighted by Crippen LogP contribution is -1.99. The van der Waals surface area contributed by atoms with Crippen molar-refractivity contribution in [3.8, 4) is 5.75 Å². The summed E-state index contributed by atoms with van der Waals surface area (Å²) in [5, 5.41) is 0. The molecule has 0 radical (unpaired) electrons. The van der Waals surface area contributed by atoms with Crippen LogP contribution in [0, 0.1) is 5.92 Å². The highest BCUT2D eigenvalue weighted by Gasteiger charge is 2.16. The van der Waals surface area contributed by atoms with Gasteiger partial charge in [0.05, 0.1) is 12.8 Å². The minimum Gasteiger partial charge on any atom is -0.495 e. The first kappa shape index (κ1) is 11.6. The molecule has 1 aliphatic carbocycles. The van der Waals surface area contributed by atoms with Gasteiger partial charge in [-0.15, -0.1) is 11.8 Å². The van der Waals surface area contributed by atoms with Crippen LogP contribution >= 0.6 is 11.8 Å². The molecule has 0 aliphatic heterocycles. The van der Waals surface area contributed by atoms with Crippen LogP contribution in [0.1, 0.15) is 25.7 Å². The van der Waals surface area contributed by atoms with E-state index in [1.807, 2.05) is 23.9 Å². The van der Waals surface area contributed by atoms with Crippen molar-refractivity contribution in [2.24, 2.45) is 5.92 Å². The van der Waals surface area contributed by atoms with Gasteiger partial charge in [-0.3, -0.25) is 0 Å². The number of para-hydroxylation sites is 1. The summed E-state index contributed by atoms with van der Waals surface area (Å²) in [7, 11) is 1.66. The predicted octanol–water partition coefficient (Wildman–Crippen LogP) is 3.56. The largest absolute Gasteiger partial charge is 0.495 e. The van der Waals surface area contributed by atoms with Gasteiger partial charge in [0.1, 0.15) is 5.75 Å². The van der Waals surface area contributed by atoms with Crippen LogP contribution in [-0.2, 0) is 0 Å². The maximum Gasteiger partial charge on any atom is 0.142 e. The normalized spacial score (nSPS) is 16.6. The van der Waals surface area contributed by atoms with E-state index in [1.54, 1.807) is 7.11 Å². The lowest BCUT2D eigenvalue weighted by atomic mass is 10.1. The van der Waals surface area contributed by atoms with Crippen LogP contribution in [0.2, 0.25) is 0 Å². The van der Waals surface area contributed by atoms with E-state index >= 15 is 0 Å². The maximum absolute atomic E-state index is 6.03. The van der Waals surface area contributed by atoms with Gasteiger partial charge in [-0.1, -0.05) is 18.9 Å². The number of benzene rings is 1. The van der Waals surface area contributed by atoms with Crippen LogP contribution in [0.3, 0.4) is 0 Å². The van der Waals surface area contributed by atoms with Gasteiger partial charge in [-0.05, 0) is 30.9 Å². The molecule has 16 heavy (non-hydrogen) atoms. The summed E-state index contributed by atoms with van der Waals surface area (Å²) in [6.45, 7) is 0. The monoisotopic (exact) mass is 237 g/mol. The van der Waals surface area contributed by atoms with Gasteiger partial charge in [-0.25, -0.2) is 0 Å². The van der Waals surface area contributed by atoms with Crippen molar-refractivity contribution < 1.29 is 4.74 Å². The molecule has 0 unspecified atom stereocenters. The van der Waals surface area contributed by atoms with Crippen molar-refractivity contribution in [3.05, 3.63) is 18.2 Å². The molecular weight excluding hydrogens is 218 g/mol. The van der Waals surface area contributed by atoms with Crippen molar-refractivity contribution in [3.63, 3.8) is 0 Å². The van der Waals surface area contributed by atoms with Crippen molar-refractivity contribution in [1.82, 2.24) is 0 Å². The summed E-state index contributed by atoms with van der Waals surface area (Å²) in [6.07, 6.45) is 5.57. The molecule has 0 spiro atoms. The predicted molar refractivity (Wildman–Crippen MR) is 70.1 cm³/mol. The van der Waals surface area contributed by atoms with Gasteiger partial charge < -0.3 is 10.5 Å².